The number of benzene rings is 1. The van der Waals surface area contributed by atoms with E-state index in [0.717, 1.165) is 0 Å². The van der Waals surface area contributed by atoms with Crippen LogP contribution in [0.15, 0.2) is 30.3 Å². The number of hydrogen-bond donors (Lipinski definition) is 0. The van der Waals surface area contributed by atoms with Crippen LogP contribution in [0.25, 0.3) is 0 Å². The van der Waals surface area contributed by atoms with E-state index >= 15 is 0 Å². The van der Waals surface area contributed by atoms with E-state index in [-0.39, 0.29) is 5.56 Å². The fourth-order valence-corrected chi connectivity index (χ4v) is 2.49. The van der Waals surface area contributed by atoms with Crippen LogP contribution in [0.4, 0.5) is 26.3 Å². The van der Waals surface area contributed by atoms with E-state index in [0.29, 0.717) is 0 Å². The lowest BCUT2D eigenvalue weighted by atomic mass is 9.55. The van der Waals surface area contributed by atoms with Gasteiger partial charge in [-0.05, 0) is 5.56 Å². The maximum absolute atomic E-state index is 12.9. The van der Waals surface area contributed by atoms with Gasteiger partial charge in [-0.15, -0.1) is 0 Å². The molecule has 2 rings (SSSR count). The van der Waals surface area contributed by atoms with Crippen LogP contribution in [-0.4, -0.2) is 18.1 Å². The third kappa shape index (κ3) is 1.74. The number of hydrogen-bond acceptors (Lipinski definition) is 1. The summed E-state index contributed by atoms with van der Waals surface area (Å²) in [6, 6.07) is 6.50. The summed E-state index contributed by atoms with van der Waals surface area (Å²) in [5.41, 5.74) is -4.39. The molecule has 1 aromatic rings. The Kier molecular flexibility index (Phi) is 2.91. The van der Waals surface area contributed by atoms with Crippen molar-refractivity contribution in [2.24, 2.45) is 5.41 Å². The number of carbonyl (C=O) groups is 1. The molecule has 0 radical (unpaired) electrons. The van der Waals surface area contributed by atoms with Crippen LogP contribution in [-0.2, 0) is 4.79 Å². The first kappa shape index (κ1) is 13.9. The summed E-state index contributed by atoms with van der Waals surface area (Å²) >= 11 is 0. The molecule has 1 fully saturated rings. The molecular formula is C12H8F6O. The maximum atomic E-state index is 12.9. The Hall–Kier alpha value is -1.53. The molecule has 0 aliphatic heterocycles. The first-order valence-corrected chi connectivity index (χ1v) is 5.34. The zero-order valence-corrected chi connectivity index (χ0v) is 9.35. The molecule has 0 amide bonds. The minimum Gasteiger partial charge on any atom is -0.298 e. The standard InChI is InChI=1S/C12H8F6O/c13-11(14,15)10(12(16,17)18)8(6-9(10)19)7-4-2-1-3-5-7/h1-5,8H,6H2. The van der Waals surface area contributed by atoms with Gasteiger partial charge in [0, 0.05) is 12.3 Å². The molecule has 0 bridgehead atoms. The monoisotopic (exact) mass is 282 g/mol. The van der Waals surface area contributed by atoms with Crippen LogP contribution in [0, 0.1) is 5.41 Å². The Labute approximate surface area is 104 Å². The van der Waals surface area contributed by atoms with Crippen LogP contribution in [0.5, 0.6) is 0 Å². The molecule has 1 nitrogen and oxygen atoms in total. The van der Waals surface area contributed by atoms with Crippen molar-refractivity contribution in [1.29, 1.82) is 0 Å². The second-order valence-electron chi connectivity index (χ2n) is 4.39. The van der Waals surface area contributed by atoms with Gasteiger partial charge in [0.25, 0.3) is 0 Å². The number of alkyl halides is 6. The molecule has 1 aliphatic rings. The third-order valence-electron chi connectivity index (χ3n) is 3.45. The second-order valence-corrected chi connectivity index (χ2v) is 4.39. The van der Waals surface area contributed by atoms with Crippen molar-refractivity contribution in [3.05, 3.63) is 35.9 Å². The van der Waals surface area contributed by atoms with Gasteiger partial charge in [0.15, 0.2) is 5.78 Å². The SMILES string of the molecule is O=C1CC(c2ccccc2)C1(C(F)(F)F)C(F)(F)F. The Morgan fingerprint density at radius 2 is 1.42 bits per heavy atom. The molecule has 19 heavy (non-hydrogen) atoms. The average molecular weight is 282 g/mol. The highest BCUT2D eigenvalue weighted by Crippen LogP contribution is 2.66. The van der Waals surface area contributed by atoms with Crippen molar-refractivity contribution in [1.82, 2.24) is 0 Å². The summed E-state index contributed by atoms with van der Waals surface area (Å²) in [4.78, 5) is 11.2. The van der Waals surface area contributed by atoms with E-state index < -0.39 is 35.9 Å². The molecule has 0 N–H and O–H groups in total. The Morgan fingerprint density at radius 1 is 0.947 bits per heavy atom. The van der Waals surface area contributed by atoms with Gasteiger partial charge in [-0.1, -0.05) is 30.3 Å². The predicted molar refractivity (Wildman–Crippen MR) is 53.4 cm³/mol. The van der Waals surface area contributed by atoms with E-state index in [1.165, 1.54) is 30.3 Å². The molecule has 0 spiro atoms. The molecule has 1 aromatic carbocycles. The highest BCUT2D eigenvalue weighted by Gasteiger charge is 2.82. The largest absolute Gasteiger partial charge is 0.410 e. The summed E-state index contributed by atoms with van der Waals surface area (Å²) in [7, 11) is 0. The first-order valence-electron chi connectivity index (χ1n) is 5.34. The molecule has 0 heterocycles. The van der Waals surface area contributed by atoms with Crippen LogP contribution < -0.4 is 0 Å². The molecular weight excluding hydrogens is 274 g/mol. The van der Waals surface area contributed by atoms with Gasteiger partial charge in [0.05, 0.1) is 0 Å². The Bertz CT molecular complexity index is 473. The Morgan fingerprint density at radius 3 is 1.79 bits per heavy atom. The van der Waals surface area contributed by atoms with E-state index in [2.05, 4.69) is 0 Å². The summed E-state index contributed by atoms with van der Waals surface area (Å²) in [6.07, 6.45) is -12.1. The van der Waals surface area contributed by atoms with Crippen molar-refractivity contribution in [2.45, 2.75) is 24.7 Å². The average Bonchev–Trinajstić information content (AvgIpc) is 2.22. The van der Waals surface area contributed by atoms with Crippen LogP contribution >= 0.6 is 0 Å². The quantitative estimate of drug-likeness (QED) is 0.715. The number of ketones is 1. The van der Waals surface area contributed by atoms with E-state index in [1.54, 1.807) is 0 Å². The summed E-state index contributed by atoms with van der Waals surface area (Å²) in [6.45, 7) is 0. The van der Waals surface area contributed by atoms with Crippen molar-refractivity contribution >= 4 is 5.78 Å². The van der Waals surface area contributed by atoms with Crippen LogP contribution in [0.1, 0.15) is 17.9 Å². The molecule has 1 unspecified atom stereocenters. The molecule has 104 valence electrons. The van der Waals surface area contributed by atoms with Gasteiger partial charge in [-0.3, -0.25) is 4.79 Å². The first-order chi connectivity index (χ1) is 8.62. The lowest BCUT2D eigenvalue weighted by molar-refractivity contribution is -0.345. The number of halogens is 6. The van der Waals surface area contributed by atoms with Gasteiger partial charge in [0.1, 0.15) is 0 Å². The molecule has 1 saturated carbocycles. The summed E-state index contributed by atoms with van der Waals surface area (Å²) < 4.78 is 77.4. The minimum atomic E-state index is -5.65. The van der Waals surface area contributed by atoms with E-state index in [1.807, 2.05) is 0 Å². The highest BCUT2D eigenvalue weighted by atomic mass is 19.4. The fraction of sp³-hybridized carbons (Fsp3) is 0.417. The molecule has 0 saturated heterocycles. The normalized spacial score (nSPS) is 23.1. The van der Waals surface area contributed by atoms with E-state index in [4.69, 9.17) is 0 Å². The molecule has 1 aliphatic carbocycles. The third-order valence-corrected chi connectivity index (χ3v) is 3.45. The van der Waals surface area contributed by atoms with Gasteiger partial charge < -0.3 is 0 Å². The van der Waals surface area contributed by atoms with Crippen LogP contribution in [0.3, 0.4) is 0 Å². The number of Topliss-reactive ketones (excluding diaryl/α,β-unsaturated/α-hetero) is 1. The van der Waals surface area contributed by atoms with Gasteiger partial charge >= 0.3 is 12.4 Å². The lowest BCUT2D eigenvalue weighted by Gasteiger charge is -2.49. The summed E-state index contributed by atoms with van der Waals surface area (Å²) in [5.74, 6) is -3.72. The van der Waals surface area contributed by atoms with Gasteiger partial charge in [-0.2, -0.15) is 26.3 Å². The minimum absolute atomic E-state index is 0.128. The lowest BCUT2D eigenvalue weighted by Crippen LogP contribution is -2.65. The zero-order valence-electron chi connectivity index (χ0n) is 9.35. The molecule has 7 heteroatoms. The van der Waals surface area contributed by atoms with Crippen molar-refractivity contribution in [2.75, 3.05) is 0 Å². The number of rotatable bonds is 1. The smallest absolute Gasteiger partial charge is 0.298 e. The summed E-state index contributed by atoms with van der Waals surface area (Å²) in [5, 5.41) is 0. The van der Waals surface area contributed by atoms with Crippen LogP contribution in [0.2, 0.25) is 0 Å². The highest BCUT2D eigenvalue weighted by molar-refractivity contribution is 5.95. The van der Waals surface area contributed by atoms with Gasteiger partial charge in [0.2, 0.25) is 5.41 Å². The molecule has 1 atom stereocenters. The zero-order chi connectivity index (χ0) is 14.5. The van der Waals surface area contributed by atoms with Crippen molar-refractivity contribution < 1.29 is 31.1 Å². The van der Waals surface area contributed by atoms with Crippen molar-refractivity contribution in [3.8, 4) is 0 Å². The Balaban J connectivity index is 2.56. The second kappa shape index (κ2) is 3.98. The van der Waals surface area contributed by atoms with E-state index in [9.17, 15) is 31.1 Å². The van der Waals surface area contributed by atoms with Crippen molar-refractivity contribution in [3.63, 3.8) is 0 Å². The fourth-order valence-electron chi connectivity index (χ4n) is 2.49. The molecule has 0 aromatic heterocycles. The maximum Gasteiger partial charge on any atom is 0.410 e. The topological polar surface area (TPSA) is 17.1 Å². The predicted octanol–water partition coefficient (Wildman–Crippen LogP) is 3.85. The number of carbonyl (C=O) groups excluding carboxylic acids is 1. The van der Waals surface area contributed by atoms with Gasteiger partial charge in [-0.25, -0.2) is 0 Å².